The summed E-state index contributed by atoms with van der Waals surface area (Å²) < 4.78 is 18.8. The number of hydrogen-bond donors (Lipinski definition) is 1. The Morgan fingerprint density at radius 3 is 2.85 bits per heavy atom. The van der Waals surface area contributed by atoms with Crippen LogP contribution in [0.3, 0.4) is 0 Å². The summed E-state index contributed by atoms with van der Waals surface area (Å²) in [7, 11) is 0. The number of anilines is 2. The van der Waals surface area contributed by atoms with Crippen molar-refractivity contribution in [2.24, 2.45) is 0 Å². The molecule has 3 heterocycles. The van der Waals surface area contributed by atoms with E-state index in [9.17, 15) is 14.0 Å². The van der Waals surface area contributed by atoms with Gasteiger partial charge in [-0.3, -0.25) is 9.59 Å². The molecule has 26 heavy (non-hydrogen) atoms. The number of benzene rings is 1. The lowest BCUT2D eigenvalue weighted by molar-refractivity contribution is -0.118. The second-order valence-corrected chi connectivity index (χ2v) is 6.39. The predicted octanol–water partition coefficient (Wildman–Crippen LogP) is 0.877. The van der Waals surface area contributed by atoms with Crippen LogP contribution >= 0.6 is 0 Å². The molecular weight excluding hydrogens is 339 g/mol. The summed E-state index contributed by atoms with van der Waals surface area (Å²) in [4.78, 5) is 35.3. The molecule has 0 spiro atoms. The Hall–Kier alpha value is -2.74. The van der Waals surface area contributed by atoms with Gasteiger partial charge in [-0.05, 0) is 24.1 Å². The van der Waals surface area contributed by atoms with E-state index in [4.69, 9.17) is 4.74 Å². The molecule has 0 atom stereocenters. The fraction of sp³-hybridized carbons (Fsp3) is 0.389. The van der Waals surface area contributed by atoms with Crippen molar-refractivity contribution in [2.75, 3.05) is 42.6 Å². The minimum atomic E-state index is -0.371. The molecule has 1 fully saturated rings. The normalized spacial score (nSPS) is 16.7. The first-order valence-electron chi connectivity index (χ1n) is 8.62. The average molecular weight is 358 g/mol. The second-order valence-electron chi connectivity index (χ2n) is 6.39. The van der Waals surface area contributed by atoms with E-state index < -0.39 is 0 Å². The number of aromatic amines is 1. The van der Waals surface area contributed by atoms with Gasteiger partial charge in [0.1, 0.15) is 17.5 Å². The molecule has 0 unspecified atom stereocenters. The number of hydrogen-bond acceptors (Lipinski definition) is 5. The summed E-state index contributed by atoms with van der Waals surface area (Å²) in [5.41, 5.74) is 1.25. The maximum absolute atomic E-state index is 13.5. The lowest BCUT2D eigenvalue weighted by Crippen LogP contribution is -2.38. The van der Waals surface area contributed by atoms with Gasteiger partial charge in [-0.2, -0.15) is 0 Å². The van der Waals surface area contributed by atoms with Crippen LogP contribution in [0, 0.1) is 5.82 Å². The third kappa shape index (κ3) is 3.32. The number of amides is 1. The summed E-state index contributed by atoms with van der Waals surface area (Å²) >= 11 is 0. The van der Waals surface area contributed by atoms with Gasteiger partial charge in [0, 0.05) is 31.4 Å². The zero-order valence-corrected chi connectivity index (χ0v) is 14.2. The van der Waals surface area contributed by atoms with Crippen LogP contribution in [0.4, 0.5) is 15.9 Å². The first-order valence-corrected chi connectivity index (χ1v) is 8.62. The van der Waals surface area contributed by atoms with Crippen LogP contribution in [0.2, 0.25) is 0 Å². The molecule has 0 radical (unpaired) electrons. The SMILES string of the molecule is O=C(Cc1nc(N2CCOCC2)cc(=O)[nH]1)N1CCc2ccc(F)cc21. The summed E-state index contributed by atoms with van der Waals surface area (Å²) in [6.07, 6.45) is 0.655. The largest absolute Gasteiger partial charge is 0.378 e. The van der Waals surface area contributed by atoms with Gasteiger partial charge in [-0.25, -0.2) is 9.37 Å². The van der Waals surface area contributed by atoms with E-state index >= 15 is 0 Å². The van der Waals surface area contributed by atoms with E-state index in [0.29, 0.717) is 56.6 Å². The summed E-state index contributed by atoms with van der Waals surface area (Å²) in [6, 6.07) is 5.91. The highest BCUT2D eigenvalue weighted by molar-refractivity contribution is 5.96. The molecule has 1 aromatic carbocycles. The Bertz CT molecular complexity index is 892. The Balaban J connectivity index is 1.54. The van der Waals surface area contributed by atoms with Crippen molar-refractivity contribution in [3.05, 3.63) is 51.8 Å². The van der Waals surface area contributed by atoms with Gasteiger partial charge in [-0.15, -0.1) is 0 Å². The molecule has 2 aliphatic heterocycles. The van der Waals surface area contributed by atoms with Crippen LogP contribution in [-0.2, 0) is 22.4 Å². The maximum atomic E-state index is 13.5. The number of halogens is 1. The van der Waals surface area contributed by atoms with Crippen LogP contribution in [0.25, 0.3) is 0 Å². The van der Waals surface area contributed by atoms with Crippen LogP contribution in [0.1, 0.15) is 11.4 Å². The lowest BCUT2D eigenvalue weighted by Gasteiger charge is -2.27. The van der Waals surface area contributed by atoms with Crippen molar-refractivity contribution in [1.29, 1.82) is 0 Å². The van der Waals surface area contributed by atoms with Crippen LogP contribution < -0.4 is 15.4 Å². The molecule has 4 rings (SSSR count). The second kappa shape index (κ2) is 6.87. The molecule has 1 amide bonds. The standard InChI is InChI=1S/C18H19FN4O3/c19-13-2-1-12-3-4-23(14(12)9-13)18(25)10-15-20-16(11-17(24)21-15)22-5-7-26-8-6-22/h1-2,9,11H,3-8,10H2,(H,20,21,24). The number of carbonyl (C=O) groups is 1. The van der Waals surface area contributed by atoms with Gasteiger partial charge in [0.2, 0.25) is 5.91 Å². The highest BCUT2D eigenvalue weighted by Crippen LogP contribution is 2.29. The predicted molar refractivity (Wildman–Crippen MR) is 94.1 cm³/mol. The molecule has 1 saturated heterocycles. The van der Waals surface area contributed by atoms with Gasteiger partial charge >= 0.3 is 0 Å². The van der Waals surface area contributed by atoms with Gasteiger partial charge in [0.15, 0.2) is 0 Å². The Morgan fingerprint density at radius 2 is 2.04 bits per heavy atom. The molecule has 2 aromatic rings. The molecule has 2 aliphatic rings. The maximum Gasteiger partial charge on any atom is 0.252 e. The summed E-state index contributed by atoms with van der Waals surface area (Å²) in [6.45, 7) is 2.98. The third-order valence-electron chi connectivity index (χ3n) is 4.67. The van der Waals surface area contributed by atoms with E-state index in [1.807, 2.05) is 4.90 Å². The first kappa shape index (κ1) is 16.7. The number of H-pyrrole nitrogens is 1. The zero-order chi connectivity index (χ0) is 18.1. The van der Waals surface area contributed by atoms with Crippen LogP contribution in [0.15, 0.2) is 29.1 Å². The van der Waals surface area contributed by atoms with Crippen molar-refractivity contribution < 1.29 is 13.9 Å². The highest BCUT2D eigenvalue weighted by Gasteiger charge is 2.26. The molecule has 136 valence electrons. The van der Waals surface area contributed by atoms with E-state index in [-0.39, 0.29) is 23.7 Å². The molecular formula is C18H19FN4O3. The average Bonchev–Trinajstić information content (AvgIpc) is 3.05. The topological polar surface area (TPSA) is 78.5 Å². The number of rotatable bonds is 3. The van der Waals surface area contributed by atoms with E-state index in [0.717, 1.165) is 5.56 Å². The monoisotopic (exact) mass is 358 g/mol. The molecule has 7 nitrogen and oxygen atoms in total. The molecule has 0 aliphatic carbocycles. The van der Waals surface area contributed by atoms with Crippen molar-refractivity contribution >= 4 is 17.4 Å². The lowest BCUT2D eigenvalue weighted by atomic mass is 10.1. The number of nitrogens with zero attached hydrogens (tertiary/aromatic N) is 3. The highest BCUT2D eigenvalue weighted by atomic mass is 19.1. The summed E-state index contributed by atoms with van der Waals surface area (Å²) in [5, 5.41) is 0. The van der Waals surface area contributed by atoms with Gasteiger partial charge in [-0.1, -0.05) is 6.07 Å². The fourth-order valence-electron chi connectivity index (χ4n) is 3.38. The van der Waals surface area contributed by atoms with Crippen molar-refractivity contribution in [3.8, 4) is 0 Å². The van der Waals surface area contributed by atoms with Gasteiger partial charge in [0.25, 0.3) is 5.56 Å². The number of fused-ring (bicyclic) bond motifs is 1. The minimum absolute atomic E-state index is 0.0383. The number of ether oxygens (including phenoxy) is 1. The minimum Gasteiger partial charge on any atom is -0.378 e. The molecule has 0 saturated carbocycles. The summed E-state index contributed by atoms with van der Waals surface area (Å²) in [5.74, 6) is 0.280. The first-order chi connectivity index (χ1) is 12.6. The number of nitrogens with one attached hydrogen (secondary N) is 1. The van der Waals surface area contributed by atoms with Crippen LogP contribution in [-0.4, -0.2) is 48.7 Å². The molecule has 1 N–H and O–H groups in total. The molecule has 0 bridgehead atoms. The Morgan fingerprint density at radius 1 is 1.23 bits per heavy atom. The smallest absolute Gasteiger partial charge is 0.252 e. The Kier molecular flexibility index (Phi) is 4.42. The van der Waals surface area contributed by atoms with Crippen molar-refractivity contribution in [1.82, 2.24) is 9.97 Å². The Labute approximate surface area is 149 Å². The molecule has 1 aromatic heterocycles. The van der Waals surface area contributed by atoms with E-state index in [2.05, 4.69) is 9.97 Å². The zero-order valence-electron chi connectivity index (χ0n) is 14.2. The van der Waals surface area contributed by atoms with Crippen LogP contribution in [0.5, 0.6) is 0 Å². The van der Waals surface area contributed by atoms with E-state index in [1.54, 1.807) is 11.0 Å². The third-order valence-corrected chi connectivity index (χ3v) is 4.67. The molecule has 8 heteroatoms. The quantitative estimate of drug-likeness (QED) is 0.881. The number of morpholine rings is 1. The van der Waals surface area contributed by atoms with E-state index in [1.165, 1.54) is 18.2 Å². The number of aromatic nitrogens is 2. The fourth-order valence-corrected chi connectivity index (χ4v) is 3.38. The van der Waals surface area contributed by atoms with Gasteiger partial charge in [0.05, 0.1) is 19.6 Å². The van der Waals surface area contributed by atoms with Gasteiger partial charge < -0.3 is 19.5 Å². The number of carbonyl (C=O) groups excluding carboxylic acids is 1. The van der Waals surface area contributed by atoms with Crippen molar-refractivity contribution in [2.45, 2.75) is 12.8 Å². The van der Waals surface area contributed by atoms with Crippen molar-refractivity contribution in [3.63, 3.8) is 0 Å².